The predicted octanol–water partition coefficient (Wildman–Crippen LogP) is 1.95. The third-order valence-corrected chi connectivity index (χ3v) is 4.43. The molecule has 1 aromatic carbocycles. The number of nitrogens with zero attached hydrogens (tertiary/aromatic N) is 4. The average Bonchev–Trinajstić information content (AvgIpc) is 3.06. The minimum absolute atomic E-state index is 0.511. The van der Waals surface area contributed by atoms with Crippen LogP contribution in [0, 0.1) is 0 Å². The van der Waals surface area contributed by atoms with Gasteiger partial charge < -0.3 is 10.2 Å². The van der Waals surface area contributed by atoms with Crippen LogP contribution in [0.3, 0.4) is 0 Å². The van der Waals surface area contributed by atoms with E-state index < -0.39 is 0 Å². The van der Waals surface area contributed by atoms with Crippen LogP contribution in [-0.4, -0.2) is 34.1 Å². The molecule has 1 fully saturated rings. The molecule has 1 atom stereocenters. The van der Waals surface area contributed by atoms with Crippen molar-refractivity contribution in [3.63, 3.8) is 0 Å². The van der Waals surface area contributed by atoms with Crippen LogP contribution in [-0.2, 0) is 13.6 Å². The van der Waals surface area contributed by atoms with E-state index in [-0.39, 0.29) is 0 Å². The van der Waals surface area contributed by atoms with E-state index in [1.807, 2.05) is 17.9 Å². The highest BCUT2D eigenvalue weighted by atomic mass is 79.9. The molecule has 0 aliphatic carbocycles. The van der Waals surface area contributed by atoms with Gasteiger partial charge >= 0.3 is 0 Å². The van der Waals surface area contributed by atoms with Crippen molar-refractivity contribution in [2.24, 2.45) is 7.05 Å². The molecule has 1 N–H and O–H groups in total. The molecule has 2 aromatic rings. The molecular weight excluding hydrogens is 318 g/mol. The van der Waals surface area contributed by atoms with Crippen LogP contribution in [0.25, 0.3) is 0 Å². The predicted molar refractivity (Wildman–Crippen MR) is 82.6 cm³/mol. The van der Waals surface area contributed by atoms with E-state index in [4.69, 9.17) is 0 Å². The van der Waals surface area contributed by atoms with Gasteiger partial charge in [0.1, 0.15) is 0 Å². The summed E-state index contributed by atoms with van der Waals surface area (Å²) in [4.78, 5) is 2.42. The van der Waals surface area contributed by atoms with Gasteiger partial charge in [0.25, 0.3) is 0 Å². The van der Waals surface area contributed by atoms with Crippen LogP contribution in [0.4, 0.5) is 5.69 Å². The minimum atomic E-state index is 0.511. The molecule has 0 amide bonds. The standard InChI is InChI=1S/C14H18BrN5/c1-19-12(9-17-18-19)8-16-11-6-7-20(10-11)14-5-3-2-4-13(14)15/h2-5,9,11,16H,6-8,10H2,1H3/t11-/m1/s1. The molecule has 106 valence electrons. The zero-order valence-corrected chi connectivity index (χ0v) is 13.0. The van der Waals surface area contributed by atoms with Gasteiger partial charge in [0.05, 0.1) is 17.6 Å². The van der Waals surface area contributed by atoms with Gasteiger partial charge in [-0.1, -0.05) is 17.3 Å². The van der Waals surface area contributed by atoms with Crippen molar-refractivity contribution >= 4 is 21.6 Å². The van der Waals surface area contributed by atoms with Gasteiger partial charge in [0.15, 0.2) is 0 Å². The third-order valence-electron chi connectivity index (χ3n) is 3.76. The first-order valence-corrected chi connectivity index (χ1v) is 7.60. The number of aromatic nitrogens is 3. The molecule has 1 saturated heterocycles. The Kier molecular flexibility index (Phi) is 4.03. The largest absolute Gasteiger partial charge is 0.369 e. The van der Waals surface area contributed by atoms with Gasteiger partial charge in [-0.05, 0) is 34.5 Å². The van der Waals surface area contributed by atoms with Crippen LogP contribution in [0.15, 0.2) is 34.9 Å². The molecule has 0 radical (unpaired) electrons. The molecule has 1 aliphatic rings. The molecule has 0 saturated carbocycles. The maximum absolute atomic E-state index is 3.95. The number of anilines is 1. The zero-order valence-electron chi connectivity index (χ0n) is 11.5. The van der Waals surface area contributed by atoms with Crippen molar-refractivity contribution in [2.75, 3.05) is 18.0 Å². The Balaban J connectivity index is 1.57. The molecule has 5 nitrogen and oxygen atoms in total. The normalized spacial score (nSPS) is 18.7. The Morgan fingerprint density at radius 3 is 3.00 bits per heavy atom. The highest BCUT2D eigenvalue weighted by Gasteiger charge is 2.23. The number of rotatable bonds is 4. The van der Waals surface area contributed by atoms with Crippen LogP contribution in [0.2, 0.25) is 0 Å². The summed E-state index contributed by atoms with van der Waals surface area (Å²) in [6, 6.07) is 8.91. The fourth-order valence-electron chi connectivity index (χ4n) is 2.57. The number of hydrogen-bond donors (Lipinski definition) is 1. The molecule has 0 unspecified atom stereocenters. The lowest BCUT2D eigenvalue weighted by Crippen LogP contribution is -2.32. The smallest absolute Gasteiger partial charge is 0.0738 e. The molecule has 1 aliphatic heterocycles. The second-order valence-electron chi connectivity index (χ2n) is 5.11. The van der Waals surface area contributed by atoms with Crippen molar-refractivity contribution in [1.29, 1.82) is 0 Å². The van der Waals surface area contributed by atoms with Gasteiger partial charge in [0, 0.05) is 37.2 Å². The van der Waals surface area contributed by atoms with E-state index >= 15 is 0 Å². The fraction of sp³-hybridized carbons (Fsp3) is 0.429. The molecule has 6 heteroatoms. The van der Waals surface area contributed by atoms with Crippen molar-refractivity contribution in [2.45, 2.75) is 19.0 Å². The first kappa shape index (κ1) is 13.6. The average molecular weight is 336 g/mol. The lowest BCUT2D eigenvalue weighted by molar-refractivity contribution is 0.529. The molecular formula is C14H18BrN5. The monoisotopic (exact) mass is 335 g/mol. The maximum atomic E-state index is 3.95. The summed E-state index contributed by atoms with van der Waals surface area (Å²) in [5.41, 5.74) is 2.39. The Hall–Kier alpha value is -1.40. The molecule has 1 aromatic heterocycles. The summed E-state index contributed by atoms with van der Waals surface area (Å²) in [5, 5.41) is 11.4. The number of para-hydroxylation sites is 1. The number of aryl methyl sites for hydroxylation is 1. The van der Waals surface area contributed by atoms with Gasteiger partial charge in [0.2, 0.25) is 0 Å². The van der Waals surface area contributed by atoms with E-state index in [0.717, 1.165) is 36.2 Å². The topological polar surface area (TPSA) is 46.0 Å². The zero-order chi connectivity index (χ0) is 13.9. The summed E-state index contributed by atoms with van der Waals surface area (Å²) >= 11 is 3.62. The molecule has 0 bridgehead atoms. The van der Waals surface area contributed by atoms with E-state index in [1.165, 1.54) is 5.69 Å². The van der Waals surface area contributed by atoms with Gasteiger partial charge in [-0.2, -0.15) is 0 Å². The van der Waals surface area contributed by atoms with Gasteiger partial charge in [-0.15, -0.1) is 5.10 Å². The SMILES string of the molecule is Cn1nncc1CN[C@@H]1CCN(c2ccccc2Br)C1. The first-order valence-electron chi connectivity index (χ1n) is 6.80. The Labute approximate surface area is 127 Å². The second-order valence-corrected chi connectivity index (χ2v) is 5.97. The first-order chi connectivity index (χ1) is 9.74. The Bertz CT molecular complexity index is 582. The van der Waals surface area contributed by atoms with Crippen LogP contribution in [0.5, 0.6) is 0 Å². The maximum Gasteiger partial charge on any atom is 0.0738 e. The molecule has 2 heterocycles. The molecule has 20 heavy (non-hydrogen) atoms. The Morgan fingerprint density at radius 2 is 2.25 bits per heavy atom. The van der Waals surface area contributed by atoms with E-state index in [9.17, 15) is 0 Å². The van der Waals surface area contributed by atoms with Crippen LogP contribution in [0.1, 0.15) is 12.1 Å². The van der Waals surface area contributed by atoms with Gasteiger partial charge in [-0.25, -0.2) is 0 Å². The van der Waals surface area contributed by atoms with E-state index in [0.29, 0.717) is 6.04 Å². The van der Waals surface area contributed by atoms with Crippen molar-refractivity contribution in [3.05, 3.63) is 40.6 Å². The lowest BCUT2D eigenvalue weighted by atomic mass is 10.2. The molecule has 0 spiro atoms. The lowest BCUT2D eigenvalue weighted by Gasteiger charge is -2.20. The van der Waals surface area contributed by atoms with E-state index in [2.05, 4.69) is 60.7 Å². The third kappa shape index (κ3) is 2.86. The van der Waals surface area contributed by atoms with E-state index in [1.54, 1.807) is 0 Å². The summed E-state index contributed by atoms with van der Waals surface area (Å²) in [6.07, 6.45) is 2.97. The quantitative estimate of drug-likeness (QED) is 0.927. The fourth-order valence-corrected chi connectivity index (χ4v) is 3.11. The van der Waals surface area contributed by atoms with Crippen molar-refractivity contribution in [1.82, 2.24) is 20.3 Å². The van der Waals surface area contributed by atoms with Gasteiger partial charge in [-0.3, -0.25) is 4.68 Å². The Morgan fingerprint density at radius 1 is 1.40 bits per heavy atom. The number of benzene rings is 1. The number of hydrogen-bond acceptors (Lipinski definition) is 4. The summed E-state index contributed by atoms with van der Waals surface area (Å²) in [7, 11) is 1.92. The number of nitrogens with one attached hydrogen (secondary N) is 1. The molecule has 3 rings (SSSR count). The van der Waals surface area contributed by atoms with Crippen molar-refractivity contribution < 1.29 is 0 Å². The highest BCUT2D eigenvalue weighted by molar-refractivity contribution is 9.10. The summed E-state index contributed by atoms with van der Waals surface area (Å²) in [6.45, 7) is 2.94. The second kappa shape index (κ2) is 5.93. The summed E-state index contributed by atoms with van der Waals surface area (Å²) < 4.78 is 2.98. The highest BCUT2D eigenvalue weighted by Crippen LogP contribution is 2.28. The minimum Gasteiger partial charge on any atom is -0.369 e. The van der Waals surface area contributed by atoms with Crippen molar-refractivity contribution in [3.8, 4) is 0 Å². The summed E-state index contributed by atoms with van der Waals surface area (Å²) in [5.74, 6) is 0. The van der Waals surface area contributed by atoms with Crippen LogP contribution >= 0.6 is 15.9 Å². The van der Waals surface area contributed by atoms with Crippen LogP contribution < -0.4 is 10.2 Å². The number of halogens is 1.